The van der Waals surface area contributed by atoms with E-state index < -0.39 is 0 Å². The molecule has 12 aromatic rings. The van der Waals surface area contributed by atoms with Gasteiger partial charge in [-0.25, -0.2) is 0 Å². The Kier molecular flexibility index (Phi) is 7.81. The third kappa shape index (κ3) is 5.42. The van der Waals surface area contributed by atoms with Crippen LogP contribution in [0.4, 0.5) is 0 Å². The lowest BCUT2D eigenvalue weighted by molar-refractivity contribution is 0.601. The van der Waals surface area contributed by atoms with Gasteiger partial charge in [-0.2, -0.15) is 0 Å². The molecule has 0 atom stereocenters. The summed E-state index contributed by atoms with van der Waals surface area (Å²) in [5, 5.41) is 6.70. The van der Waals surface area contributed by atoms with Gasteiger partial charge in [0.2, 0.25) is 0 Å². The lowest BCUT2D eigenvalue weighted by Crippen LogP contribution is -2.27. The minimum atomic E-state index is -0.0747. The molecule has 15 rings (SSSR count). The zero-order chi connectivity index (χ0) is 42.6. The van der Waals surface area contributed by atoms with Crippen LogP contribution in [0.15, 0.2) is 232 Å². The number of furan rings is 3. The molecule has 0 radical (unpaired) electrons. The summed E-state index contributed by atoms with van der Waals surface area (Å²) in [5.74, 6) is 5.17. The summed E-state index contributed by atoms with van der Waals surface area (Å²) in [6.45, 7) is 0. The Morgan fingerprint density at radius 2 is 0.354 bits per heavy atom. The molecule has 0 unspecified atom stereocenters. The molecule has 3 nitrogen and oxygen atoms in total. The van der Waals surface area contributed by atoms with E-state index in [0.717, 1.165) is 100 Å². The van der Waals surface area contributed by atoms with Crippen LogP contribution in [0, 0.1) is 0 Å². The van der Waals surface area contributed by atoms with Crippen LogP contribution in [-0.2, 0) is 0 Å². The first-order valence-corrected chi connectivity index (χ1v) is 22.4. The number of hydrogen-bond acceptors (Lipinski definition) is 3. The summed E-state index contributed by atoms with van der Waals surface area (Å²) in [7, 11) is 0. The van der Waals surface area contributed by atoms with Gasteiger partial charge in [-0.15, -0.1) is 0 Å². The summed E-state index contributed by atoms with van der Waals surface area (Å²) >= 11 is 0. The van der Waals surface area contributed by atoms with Crippen LogP contribution in [0.2, 0.25) is 0 Å². The highest BCUT2D eigenvalue weighted by molar-refractivity contribution is 6.08. The van der Waals surface area contributed by atoms with Crippen LogP contribution in [0.3, 0.4) is 0 Å². The fourth-order valence-corrected chi connectivity index (χ4v) is 11.0. The minimum Gasteiger partial charge on any atom is -0.455 e. The summed E-state index contributed by atoms with van der Waals surface area (Å²) in [6.07, 6.45) is 0. The zero-order valence-electron chi connectivity index (χ0n) is 35.2. The molecule has 3 aromatic heterocycles. The molecule has 3 aliphatic rings. The Labute approximate surface area is 375 Å². The van der Waals surface area contributed by atoms with Crippen molar-refractivity contribution in [2.75, 3.05) is 0 Å². The van der Waals surface area contributed by atoms with E-state index >= 15 is 0 Å². The lowest BCUT2D eigenvalue weighted by Gasteiger charge is -2.42. The largest absolute Gasteiger partial charge is 0.455 e. The van der Waals surface area contributed by atoms with Crippen molar-refractivity contribution in [2.45, 2.75) is 11.8 Å². The third-order valence-corrected chi connectivity index (χ3v) is 13.8. The van der Waals surface area contributed by atoms with Crippen LogP contribution in [0.1, 0.15) is 45.2 Å². The Morgan fingerprint density at radius 3 is 0.508 bits per heavy atom. The number of hydrogen-bond donors (Lipinski definition) is 0. The summed E-state index contributed by atoms with van der Waals surface area (Å²) in [6, 6.07) is 78.0. The molecule has 0 spiro atoms. The molecule has 304 valence electrons. The van der Waals surface area contributed by atoms with Crippen LogP contribution in [-0.4, -0.2) is 0 Å². The van der Waals surface area contributed by atoms with E-state index in [1.54, 1.807) is 0 Å². The van der Waals surface area contributed by atoms with E-state index in [-0.39, 0.29) is 11.8 Å². The van der Waals surface area contributed by atoms with Crippen molar-refractivity contribution in [3.8, 4) is 67.9 Å². The molecule has 3 aliphatic carbocycles. The molecule has 0 N–H and O–H groups in total. The minimum absolute atomic E-state index is 0.0747. The molecule has 9 aromatic carbocycles. The third-order valence-electron chi connectivity index (χ3n) is 13.8. The van der Waals surface area contributed by atoms with Crippen LogP contribution >= 0.6 is 0 Å². The van der Waals surface area contributed by atoms with Crippen molar-refractivity contribution in [1.82, 2.24) is 0 Å². The zero-order valence-corrected chi connectivity index (χ0v) is 35.2. The molecule has 0 saturated heterocycles. The van der Waals surface area contributed by atoms with Gasteiger partial charge >= 0.3 is 0 Å². The van der Waals surface area contributed by atoms with E-state index in [1.807, 2.05) is 0 Å². The maximum atomic E-state index is 7.04. The van der Waals surface area contributed by atoms with Gasteiger partial charge in [0.05, 0.1) is 0 Å². The highest BCUT2D eigenvalue weighted by atomic mass is 16.3. The van der Waals surface area contributed by atoms with Crippen LogP contribution in [0.25, 0.3) is 100 Å². The van der Waals surface area contributed by atoms with Crippen molar-refractivity contribution in [3.05, 3.63) is 252 Å². The first-order chi connectivity index (χ1) is 32.2. The first kappa shape index (κ1) is 36.1. The summed E-state index contributed by atoms with van der Waals surface area (Å²) in [4.78, 5) is 0. The molecule has 3 heterocycles. The average Bonchev–Trinajstić information content (AvgIpc) is 4.07. The average molecular weight is 831 g/mol. The van der Waals surface area contributed by atoms with E-state index in [0.29, 0.717) is 0 Å². The van der Waals surface area contributed by atoms with Crippen molar-refractivity contribution < 1.29 is 13.3 Å². The van der Waals surface area contributed by atoms with Gasteiger partial charge in [0.1, 0.15) is 34.6 Å². The molecule has 65 heavy (non-hydrogen) atoms. The highest BCUT2D eigenvalue weighted by Gasteiger charge is 2.44. The molecule has 0 saturated carbocycles. The normalized spacial score (nSPS) is 14.8. The molecule has 2 bridgehead atoms. The van der Waals surface area contributed by atoms with Crippen molar-refractivity contribution in [2.24, 2.45) is 0 Å². The van der Waals surface area contributed by atoms with Gasteiger partial charge in [0.15, 0.2) is 0 Å². The first-order valence-electron chi connectivity index (χ1n) is 22.4. The lowest BCUT2D eigenvalue weighted by atomic mass is 9.60. The number of benzene rings is 9. The Bertz CT molecular complexity index is 3140. The second-order valence-corrected chi connectivity index (χ2v) is 17.4. The quantitative estimate of drug-likeness (QED) is 0.168. The Hall–Kier alpha value is -8.40. The van der Waals surface area contributed by atoms with E-state index in [4.69, 9.17) is 13.3 Å². The molecule has 0 fully saturated rings. The topological polar surface area (TPSA) is 39.4 Å². The van der Waals surface area contributed by atoms with Crippen molar-refractivity contribution >= 4 is 32.3 Å². The van der Waals surface area contributed by atoms with Crippen LogP contribution in [0.5, 0.6) is 0 Å². The predicted molar refractivity (Wildman–Crippen MR) is 263 cm³/mol. The molecular formula is C62H38O3. The summed E-state index contributed by atoms with van der Waals surface area (Å²) < 4.78 is 21.1. The van der Waals surface area contributed by atoms with Crippen LogP contribution < -0.4 is 0 Å². The number of rotatable bonds is 6. The fourth-order valence-electron chi connectivity index (χ4n) is 11.0. The van der Waals surface area contributed by atoms with Gasteiger partial charge in [-0.1, -0.05) is 182 Å². The summed E-state index contributed by atoms with van der Waals surface area (Å²) in [5.41, 5.74) is 14.2. The van der Waals surface area contributed by atoms with Gasteiger partial charge in [0, 0.05) is 77.5 Å². The van der Waals surface area contributed by atoms with Crippen molar-refractivity contribution in [1.29, 1.82) is 0 Å². The second kappa shape index (κ2) is 14.1. The fraction of sp³-hybridized carbons (Fsp3) is 0.0323. The molecular weight excluding hydrogens is 793 g/mol. The van der Waals surface area contributed by atoms with E-state index in [1.165, 1.54) is 33.4 Å². The molecule has 0 amide bonds. The van der Waals surface area contributed by atoms with E-state index in [2.05, 4.69) is 218 Å². The molecule has 3 heteroatoms. The maximum absolute atomic E-state index is 7.04. The highest BCUT2D eigenvalue weighted by Crippen LogP contribution is 2.60. The number of fused-ring (bicyclic) bond motifs is 3. The molecule has 0 aliphatic heterocycles. The Balaban J connectivity index is 1.10. The van der Waals surface area contributed by atoms with Gasteiger partial charge in [0.25, 0.3) is 0 Å². The SMILES string of the molecule is c1ccc(-c2oc(-c3ccccc3)c3cc4c(cc23)C2c3cc5c(-c6ccccc6)oc(-c6ccccc6)c5cc3C4c3cc4c(-c5ccccc5)oc(-c5ccccc5)c4cc32)cc1. The monoisotopic (exact) mass is 830 g/mol. The van der Waals surface area contributed by atoms with Gasteiger partial charge in [-0.05, 0) is 69.8 Å². The Morgan fingerprint density at radius 1 is 0.200 bits per heavy atom. The standard InChI is InChI=1S/C62H38O3/c1-7-19-37(20-8-1)57-49-31-43-44(32-50(49)58(63-57)38-21-9-2-10-22-38)56-47-35-53-51(59(39-23-11-3-12-24-39)64-61(53)41-27-15-5-16-28-41)33-45(47)55(43)46-34-52-54(36-48(46)56)62(42-29-17-6-18-30-42)65-60(52)40-25-13-4-14-26-40/h1-36,55-56H. The smallest absolute Gasteiger partial charge is 0.142 e. The predicted octanol–water partition coefficient (Wildman–Crippen LogP) is 16.9. The van der Waals surface area contributed by atoms with Gasteiger partial charge in [-0.3, -0.25) is 0 Å². The van der Waals surface area contributed by atoms with E-state index in [9.17, 15) is 0 Å². The second-order valence-electron chi connectivity index (χ2n) is 17.4. The van der Waals surface area contributed by atoms with Gasteiger partial charge < -0.3 is 13.3 Å². The van der Waals surface area contributed by atoms with Crippen molar-refractivity contribution in [3.63, 3.8) is 0 Å². The maximum Gasteiger partial charge on any atom is 0.142 e.